The highest BCUT2D eigenvalue weighted by Crippen LogP contribution is 2.26. The highest BCUT2D eigenvalue weighted by atomic mass is 16.5. The van der Waals surface area contributed by atoms with Gasteiger partial charge in [-0.25, -0.2) is 4.98 Å². The van der Waals surface area contributed by atoms with E-state index in [1.165, 1.54) is 0 Å². The van der Waals surface area contributed by atoms with E-state index in [-0.39, 0.29) is 0 Å². The lowest BCUT2D eigenvalue weighted by molar-refractivity contribution is 0.114. The van der Waals surface area contributed by atoms with Gasteiger partial charge >= 0.3 is 0 Å². The number of nitrogens with one attached hydrogen (secondary N) is 1. The maximum atomic E-state index is 6.19. The van der Waals surface area contributed by atoms with Crippen LogP contribution in [0.15, 0.2) is 55.0 Å². The van der Waals surface area contributed by atoms with E-state index < -0.39 is 0 Å². The van der Waals surface area contributed by atoms with Crippen molar-refractivity contribution in [2.45, 2.75) is 18.9 Å². The number of pyridine rings is 2. The SMILES string of the molecule is CN1CCC(Oc2ccc3cnc(Nc4cccnc4)cc3c2)CC1. The summed E-state index contributed by atoms with van der Waals surface area (Å²) in [5.41, 5.74) is 0.924. The van der Waals surface area contributed by atoms with Crippen LogP contribution in [0.5, 0.6) is 5.75 Å². The fraction of sp³-hybridized carbons (Fsp3) is 0.300. The van der Waals surface area contributed by atoms with Crippen LogP contribution in [0.25, 0.3) is 10.8 Å². The molecule has 0 saturated carbocycles. The number of hydrogen-bond acceptors (Lipinski definition) is 5. The zero-order chi connectivity index (χ0) is 17.1. The maximum absolute atomic E-state index is 6.19. The topological polar surface area (TPSA) is 50.3 Å². The highest BCUT2D eigenvalue weighted by molar-refractivity contribution is 5.85. The van der Waals surface area contributed by atoms with Gasteiger partial charge in [0.25, 0.3) is 0 Å². The molecule has 0 bridgehead atoms. The molecule has 1 N–H and O–H groups in total. The fourth-order valence-corrected chi connectivity index (χ4v) is 3.14. The van der Waals surface area contributed by atoms with Crippen LogP contribution in [0.4, 0.5) is 11.5 Å². The Morgan fingerprint density at radius 2 is 1.96 bits per heavy atom. The van der Waals surface area contributed by atoms with Crippen molar-refractivity contribution in [2.24, 2.45) is 0 Å². The quantitative estimate of drug-likeness (QED) is 0.785. The van der Waals surface area contributed by atoms with Crippen LogP contribution in [-0.2, 0) is 0 Å². The Morgan fingerprint density at radius 1 is 1.08 bits per heavy atom. The first kappa shape index (κ1) is 15.8. The van der Waals surface area contributed by atoms with E-state index in [9.17, 15) is 0 Å². The molecular formula is C20H22N4O. The Labute approximate surface area is 147 Å². The summed E-state index contributed by atoms with van der Waals surface area (Å²) < 4.78 is 6.19. The summed E-state index contributed by atoms with van der Waals surface area (Å²) in [5, 5.41) is 5.50. The van der Waals surface area contributed by atoms with Gasteiger partial charge in [-0.1, -0.05) is 0 Å². The summed E-state index contributed by atoms with van der Waals surface area (Å²) in [7, 11) is 2.16. The van der Waals surface area contributed by atoms with E-state index in [0.29, 0.717) is 6.10 Å². The lowest BCUT2D eigenvalue weighted by Gasteiger charge is -2.29. The highest BCUT2D eigenvalue weighted by Gasteiger charge is 2.18. The van der Waals surface area contributed by atoms with E-state index in [2.05, 4.69) is 39.4 Å². The molecule has 0 radical (unpaired) electrons. The zero-order valence-corrected chi connectivity index (χ0v) is 14.4. The van der Waals surface area contributed by atoms with Crippen molar-refractivity contribution in [3.8, 4) is 5.75 Å². The van der Waals surface area contributed by atoms with Crippen molar-refractivity contribution in [1.29, 1.82) is 0 Å². The van der Waals surface area contributed by atoms with Crippen molar-refractivity contribution in [1.82, 2.24) is 14.9 Å². The number of ether oxygens (including phenoxy) is 1. The van der Waals surface area contributed by atoms with Crippen molar-refractivity contribution < 1.29 is 4.74 Å². The maximum Gasteiger partial charge on any atom is 0.130 e. The second kappa shape index (κ2) is 7.07. The van der Waals surface area contributed by atoms with Crippen LogP contribution in [-0.4, -0.2) is 41.1 Å². The van der Waals surface area contributed by atoms with Gasteiger partial charge in [-0.15, -0.1) is 0 Å². The molecule has 1 aromatic carbocycles. The second-order valence-corrected chi connectivity index (χ2v) is 6.57. The number of rotatable bonds is 4. The van der Waals surface area contributed by atoms with Gasteiger partial charge in [-0.2, -0.15) is 0 Å². The van der Waals surface area contributed by atoms with Crippen LogP contribution < -0.4 is 10.1 Å². The molecule has 1 saturated heterocycles. The van der Waals surface area contributed by atoms with Gasteiger partial charge in [-0.05, 0) is 61.7 Å². The first-order chi connectivity index (χ1) is 12.3. The predicted octanol–water partition coefficient (Wildman–Crippen LogP) is 3.85. The molecule has 0 unspecified atom stereocenters. The van der Waals surface area contributed by atoms with Gasteiger partial charge in [-0.3, -0.25) is 4.98 Å². The molecule has 4 rings (SSSR count). The lowest BCUT2D eigenvalue weighted by atomic mass is 10.1. The average molecular weight is 334 g/mol. The fourth-order valence-electron chi connectivity index (χ4n) is 3.14. The minimum atomic E-state index is 0.309. The third-order valence-electron chi connectivity index (χ3n) is 4.60. The molecule has 25 heavy (non-hydrogen) atoms. The van der Waals surface area contributed by atoms with Crippen molar-refractivity contribution >= 4 is 22.3 Å². The van der Waals surface area contributed by atoms with Gasteiger partial charge in [0, 0.05) is 30.9 Å². The summed E-state index contributed by atoms with van der Waals surface area (Å²) in [6.07, 6.45) is 7.89. The molecule has 3 heterocycles. The number of fused-ring (bicyclic) bond motifs is 1. The number of hydrogen-bond donors (Lipinski definition) is 1. The Kier molecular flexibility index (Phi) is 4.48. The molecule has 3 aromatic rings. The van der Waals surface area contributed by atoms with E-state index >= 15 is 0 Å². The summed E-state index contributed by atoms with van der Waals surface area (Å²) in [5.74, 6) is 1.73. The van der Waals surface area contributed by atoms with Gasteiger partial charge < -0.3 is 15.0 Å². The third kappa shape index (κ3) is 3.88. The molecular weight excluding hydrogens is 312 g/mol. The number of likely N-dealkylation sites (tertiary alicyclic amines) is 1. The molecule has 5 heteroatoms. The summed E-state index contributed by atoms with van der Waals surface area (Å²) in [4.78, 5) is 10.9. The number of anilines is 2. The van der Waals surface area contributed by atoms with Crippen molar-refractivity contribution in [2.75, 3.05) is 25.5 Å². The number of piperidine rings is 1. The Balaban J connectivity index is 1.52. The molecule has 0 atom stereocenters. The third-order valence-corrected chi connectivity index (χ3v) is 4.60. The molecule has 1 aliphatic rings. The van der Waals surface area contributed by atoms with Gasteiger partial charge in [0.05, 0.1) is 11.9 Å². The van der Waals surface area contributed by atoms with Crippen LogP contribution in [0.1, 0.15) is 12.8 Å². The van der Waals surface area contributed by atoms with Crippen LogP contribution >= 0.6 is 0 Å². The Bertz CT molecular complexity index is 845. The van der Waals surface area contributed by atoms with E-state index in [4.69, 9.17) is 4.74 Å². The second-order valence-electron chi connectivity index (χ2n) is 6.57. The number of benzene rings is 1. The molecule has 5 nitrogen and oxygen atoms in total. The van der Waals surface area contributed by atoms with E-state index in [1.54, 1.807) is 12.4 Å². The summed E-state index contributed by atoms with van der Waals surface area (Å²) in [6, 6.07) is 12.1. The smallest absolute Gasteiger partial charge is 0.130 e. The molecule has 0 aliphatic carbocycles. The Morgan fingerprint density at radius 3 is 2.76 bits per heavy atom. The number of aromatic nitrogens is 2. The molecule has 128 valence electrons. The standard InChI is InChI=1S/C20H22N4O/c1-24-9-6-18(7-10-24)25-19-5-4-15-13-22-20(12-16(15)11-19)23-17-3-2-8-21-14-17/h2-5,8,11-14,18H,6-7,9-10H2,1H3,(H,22,23). The number of nitrogens with zero attached hydrogens (tertiary/aromatic N) is 3. The summed E-state index contributed by atoms with van der Waals surface area (Å²) in [6.45, 7) is 2.20. The van der Waals surface area contributed by atoms with Crippen molar-refractivity contribution in [3.05, 3.63) is 55.0 Å². The van der Waals surface area contributed by atoms with Gasteiger partial charge in [0.2, 0.25) is 0 Å². The average Bonchev–Trinajstić information content (AvgIpc) is 2.64. The van der Waals surface area contributed by atoms with Crippen molar-refractivity contribution in [3.63, 3.8) is 0 Å². The largest absolute Gasteiger partial charge is 0.490 e. The van der Waals surface area contributed by atoms with E-state index in [0.717, 1.165) is 54.0 Å². The monoisotopic (exact) mass is 334 g/mol. The summed E-state index contributed by atoms with van der Waals surface area (Å²) >= 11 is 0. The van der Waals surface area contributed by atoms with E-state index in [1.807, 2.05) is 30.5 Å². The Hall–Kier alpha value is -2.66. The predicted molar refractivity (Wildman–Crippen MR) is 100 cm³/mol. The first-order valence-electron chi connectivity index (χ1n) is 8.68. The van der Waals surface area contributed by atoms with Crippen LogP contribution in [0.3, 0.4) is 0 Å². The minimum Gasteiger partial charge on any atom is -0.490 e. The molecule has 0 amide bonds. The zero-order valence-electron chi connectivity index (χ0n) is 14.4. The molecule has 0 spiro atoms. The van der Waals surface area contributed by atoms with Crippen LogP contribution in [0, 0.1) is 0 Å². The van der Waals surface area contributed by atoms with Gasteiger partial charge in [0.15, 0.2) is 0 Å². The first-order valence-corrected chi connectivity index (χ1v) is 8.68. The minimum absolute atomic E-state index is 0.309. The molecule has 1 aliphatic heterocycles. The normalized spacial score (nSPS) is 16.0. The lowest BCUT2D eigenvalue weighted by Crippen LogP contribution is -2.35. The molecule has 2 aromatic heterocycles. The van der Waals surface area contributed by atoms with Crippen LogP contribution in [0.2, 0.25) is 0 Å². The van der Waals surface area contributed by atoms with Gasteiger partial charge in [0.1, 0.15) is 17.7 Å². The molecule has 1 fully saturated rings.